The van der Waals surface area contributed by atoms with Gasteiger partial charge in [0.2, 0.25) is 12.7 Å². The lowest BCUT2D eigenvalue weighted by molar-refractivity contribution is -0.124. The topological polar surface area (TPSA) is 71.4 Å². The number of benzene rings is 1. The van der Waals surface area contributed by atoms with E-state index < -0.39 is 0 Å². The second kappa shape index (κ2) is 5.41. The smallest absolute Gasteiger partial charge is 0.231 e. The minimum absolute atomic E-state index is 0.116. The average Bonchev–Trinajstić information content (AvgIpc) is 2.83. The highest BCUT2D eigenvalue weighted by Crippen LogP contribution is 2.32. The third-order valence-corrected chi connectivity index (χ3v) is 2.75. The lowest BCUT2D eigenvalue weighted by Gasteiger charge is -2.09. The molecule has 0 spiro atoms. The fourth-order valence-corrected chi connectivity index (χ4v) is 1.64. The first-order valence-electron chi connectivity index (χ1n) is 5.74. The Kier molecular flexibility index (Phi) is 3.68. The second-order valence-corrected chi connectivity index (χ2v) is 4.17. The van der Waals surface area contributed by atoms with Gasteiger partial charge in [-0.15, -0.1) is 0 Å². The van der Waals surface area contributed by atoms with Crippen molar-refractivity contribution in [2.45, 2.75) is 19.9 Å². The van der Waals surface area contributed by atoms with Gasteiger partial charge in [0.05, 0.1) is 6.07 Å². The van der Waals surface area contributed by atoms with E-state index in [0.717, 1.165) is 11.3 Å². The molecule has 0 aliphatic carbocycles. The zero-order valence-corrected chi connectivity index (χ0v) is 10.1. The molecular weight excluding hydrogens is 232 g/mol. The molecule has 1 aliphatic heterocycles. The van der Waals surface area contributed by atoms with E-state index in [9.17, 15) is 4.79 Å². The molecule has 0 saturated heterocycles. The van der Waals surface area contributed by atoms with Crippen molar-refractivity contribution in [3.8, 4) is 17.6 Å². The molecule has 2 rings (SSSR count). The van der Waals surface area contributed by atoms with Crippen molar-refractivity contribution in [3.05, 3.63) is 23.8 Å². The number of nitrogens with one attached hydrogen (secondary N) is 1. The molecule has 1 N–H and O–H groups in total. The monoisotopic (exact) mass is 246 g/mol. The van der Waals surface area contributed by atoms with E-state index in [1.807, 2.05) is 24.3 Å². The Bertz CT molecular complexity index is 493. The summed E-state index contributed by atoms with van der Waals surface area (Å²) < 4.78 is 10.5. The van der Waals surface area contributed by atoms with E-state index in [1.165, 1.54) is 0 Å². The number of hydrogen-bond donors (Lipinski definition) is 1. The first-order chi connectivity index (χ1) is 8.70. The number of carbonyl (C=O) groups excluding carboxylic acids is 1. The van der Waals surface area contributed by atoms with Gasteiger partial charge >= 0.3 is 0 Å². The maximum atomic E-state index is 11.6. The number of amides is 1. The number of ether oxygens (including phenoxy) is 2. The van der Waals surface area contributed by atoms with Gasteiger partial charge in [0.25, 0.3) is 0 Å². The molecule has 1 heterocycles. The molecule has 1 atom stereocenters. The zero-order valence-electron chi connectivity index (χ0n) is 10.1. The molecule has 1 aromatic rings. The van der Waals surface area contributed by atoms with Crippen LogP contribution in [0.15, 0.2) is 18.2 Å². The average molecular weight is 246 g/mol. The van der Waals surface area contributed by atoms with Crippen molar-refractivity contribution < 1.29 is 14.3 Å². The van der Waals surface area contributed by atoms with Gasteiger partial charge in [0, 0.05) is 18.9 Å². The first kappa shape index (κ1) is 12.2. The quantitative estimate of drug-likeness (QED) is 0.875. The van der Waals surface area contributed by atoms with Crippen LogP contribution in [0, 0.1) is 17.2 Å². The number of nitrogens with zero attached hydrogens (tertiary/aromatic N) is 1. The Morgan fingerprint density at radius 2 is 2.28 bits per heavy atom. The summed E-state index contributed by atoms with van der Waals surface area (Å²) in [6.07, 6.45) is 0.229. The minimum Gasteiger partial charge on any atom is -0.454 e. The summed E-state index contributed by atoms with van der Waals surface area (Å²) in [6.45, 7) is 2.40. The van der Waals surface area contributed by atoms with Gasteiger partial charge in [-0.1, -0.05) is 13.0 Å². The summed E-state index contributed by atoms with van der Waals surface area (Å²) in [7, 11) is 0. The van der Waals surface area contributed by atoms with Crippen molar-refractivity contribution in [3.63, 3.8) is 0 Å². The highest BCUT2D eigenvalue weighted by molar-refractivity contribution is 5.78. The molecule has 0 fully saturated rings. The van der Waals surface area contributed by atoms with Crippen LogP contribution in [-0.2, 0) is 11.3 Å². The molecule has 1 aromatic carbocycles. The van der Waals surface area contributed by atoms with Gasteiger partial charge in [0.1, 0.15) is 0 Å². The standard InChI is InChI=1S/C13H14N2O3/c1-9(4-5-14)13(16)15-7-10-2-3-11-12(6-10)18-8-17-11/h2-3,6,9H,4,7-8H2,1H3,(H,15,16). The number of fused-ring (bicyclic) bond motifs is 1. The Balaban J connectivity index is 1.91. The van der Waals surface area contributed by atoms with Gasteiger partial charge in [-0.2, -0.15) is 5.26 Å². The van der Waals surface area contributed by atoms with E-state index in [1.54, 1.807) is 6.92 Å². The van der Waals surface area contributed by atoms with Gasteiger partial charge in [-0.25, -0.2) is 0 Å². The third kappa shape index (κ3) is 2.72. The van der Waals surface area contributed by atoms with Crippen molar-refractivity contribution in [2.24, 2.45) is 5.92 Å². The molecule has 5 heteroatoms. The van der Waals surface area contributed by atoms with Crippen molar-refractivity contribution >= 4 is 5.91 Å². The van der Waals surface area contributed by atoms with Gasteiger partial charge in [-0.3, -0.25) is 4.79 Å². The number of carbonyl (C=O) groups is 1. The molecule has 5 nitrogen and oxygen atoms in total. The molecule has 0 aromatic heterocycles. The summed E-state index contributed by atoms with van der Waals surface area (Å²) in [6, 6.07) is 7.53. The lowest BCUT2D eigenvalue weighted by atomic mass is 10.1. The molecular formula is C13H14N2O3. The van der Waals surface area contributed by atoms with Crippen LogP contribution in [-0.4, -0.2) is 12.7 Å². The van der Waals surface area contributed by atoms with Crippen molar-refractivity contribution in [2.75, 3.05) is 6.79 Å². The van der Waals surface area contributed by atoms with E-state index in [-0.39, 0.29) is 25.0 Å². The Hall–Kier alpha value is -2.22. The summed E-state index contributed by atoms with van der Waals surface area (Å²) in [5.41, 5.74) is 0.941. The van der Waals surface area contributed by atoms with Crippen LogP contribution < -0.4 is 14.8 Å². The highest BCUT2D eigenvalue weighted by atomic mass is 16.7. The SMILES string of the molecule is CC(CC#N)C(=O)NCc1ccc2c(c1)OCO2. The largest absolute Gasteiger partial charge is 0.454 e. The highest BCUT2D eigenvalue weighted by Gasteiger charge is 2.15. The normalized spacial score (nSPS) is 13.8. The van der Waals surface area contributed by atoms with Crippen molar-refractivity contribution in [1.29, 1.82) is 5.26 Å². The molecule has 0 saturated carbocycles. The molecule has 94 valence electrons. The summed E-state index contributed by atoms with van der Waals surface area (Å²) in [5.74, 6) is 1.02. The lowest BCUT2D eigenvalue weighted by Crippen LogP contribution is -2.28. The predicted octanol–water partition coefficient (Wildman–Crippen LogP) is 1.58. The van der Waals surface area contributed by atoms with Crippen molar-refractivity contribution in [1.82, 2.24) is 5.32 Å². The molecule has 18 heavy (non-hydrogen) atoms. The fourth-order valence-electron chi connectivity index (χ4n) is 1.64. The maximum Gasteiger partial charge on any atom is 0.231 e. The van der Waals surface area contributed by atoms with E-state index >= 15 is 0 Å². The van der Waals surface area contributed by atoms with Crippen LogP contribution in [0.1, 0.15) is 18.9 Å². The molecule has 1 unspecified atom stereocenters. The fraction of sp³-hybridized carbons (Fsp3) is 0.385. The second-order valence-electron chi connectivity index (χ2n) is 4.17. The Morgan fingerprint density at radius 3 is 3.06 bits per heavy atom. The van der Waals surface area contributed by atoms with Gasteiger partial charge in [0.15, 0.2) is 11.5 Å². The van der Waals surface area contributed by atoms with Gasteiger partial charge < -0.3 is 14.8 Å². The predicted molar refractivity (Wildman–Crippen MR) is 63.8 cm³/mol. The molecule has 0 bridgehead atoms. The van der Waals surface area contributed by atoms with E-state index in [4.69, 9.17) is 14.7 Å². The first-order valence-corrected chi connectivity index (χ1v) is 5.74. The van der Waals surface area contributed by atoms with E-state index in [0.29, 0.717) is 12.3 Å². The Labute approximate surface area is 105 Å². The number of hydrogen-bond acceptors (Lipinski definition) is 4. The minimum atomic E-state index is -0.288. The maximum absolute atomic E-state index is 11.6. The number of rotatable bonds is 4. The zero-order chi connectivity index (χ0) is 13.0. The summed E-state index contributed by atoms with van der Waals surface area (Å²) in [4.78, 5) is 11.6. The van der Waals surface area contributed by atoms with E-state index in [2.05, 4.69) is 5.32 Å². The van der Waals surface area contributed by atoms with Crippen LogP contribution in [0.2, 0.25) is 0 Å². The van der Waals surface area contributed by atoms with Crippen LogP contribution >= 0.6 is 0 Å². The molecule has 1 aliphatic rings. The van der Waals surface area contributed by atoms with Crippen LogP contribution in [0.3, 0.4) is 0 Å². The summed E-state index contributed by atoms with van der Waals surface area (Å²) in [5, 5.41) is 11.3. The van der Waals surface area contributed by atoms with Crippen LogP contribution in [0.25, 0.3) is 0 Å². The molecule has 0 radical (unpaired) electrons. The number of nitriles is 1. The Morgan fingerprint density at radius 1 is 1.50 bits per heavy atom. The summed E-state index contributed by atoms with van der Waals surface area (Å²) >= 11 is 0. The van der Waals surface area contributed by atoms with Crippen LogP contribution in [0.5, 0.6) is 11.5 Å². The third-order valence-electron chi connectivity index (χ3n) is 2.75. The van der Waals surface area contributed by atoms with Gasteiger partial charge in [-0.05, 0) is 17.7 Å². The van der Waals surface area contributed by atoms with Crippen LogP contribution in [0.4, 0.5) is 0 Å². The molecule has 1 amide bonds.